The second-order valence-electron chi connectivity index (χ2n) is 4.66. The maximum Gasteiger partial charge on any atom is 0.161 e. The van der Waals surface area contributed by atoms with Crippen LogP contribution in [0, 0.1) is 0 Å². The topological polar surface area (TPSA) is 68.0 Å². The molecule has 1 aromatic carbocycles. The van der Waals surface area contributed by atoms with Gasteiger partial charge in [-0.05, 0) is 24.7 Å². The second kappa shape index (κ2) is 5.56. The molecule has 0 bridgehead atoms. The summed E-state index contributed by atoms with van der Waals surface area (Å²) in [5.74, 6) is 1.38. The normalized spacial score (nSPS) is 18.2. The SMILES string of the molecule is COc1cc(C(N)CO)ccc1OC1CN(C)C1. The third-order valence-corrected chi connectivity index (χ3v) is 3.14. The van der Waals surface area contributed by atoms with E-state index in [1.807, 2.05) is 18.2 Å². The van der Waals surface area contributed by atoms with Gasteiger partial charge >= 0.3 is 0 Å². The van der Waals surface area contributed by atoms with Crippen LogP contribution in [0.4, 0.5) is 0 Å². The van der Waals surface area contributed by atoms with Crippen LogP contribution in [0.15, 0.2) is 18.2 Å². The van der Waals surface area contributed by atoms with E-state index < -0.39 is 0 Å². The largest absolute Gasteiger partial charge is 0.493 e. The number of hydrogen-bond donors (Lipinski definition) is 2. The first-order chi connectivity index (χ1) is 8.63. The van der Waals surface area contributed by atoms with Crippen LogP contribution in [-0.4, -0.2) is 50.0 Å². The fraction of sp³-hybridized carbons (Fsp3) is 0.538. The summed E-state index contributed by atoms with van der Waals surface area (Å²) in [6, 6.07) is 5.14. The van der Waals surface area contributed by atoms with Gasteiger partial charge in [0.2, 0.25) is 0 Å². The summed E-state index contributed by atoms with van der Waals surface area (Å²) in [4.78, 5) is 2.19. The first kappa shape index (κ1) is 13.1. The molecule has 5 nitrogen and oxygen atoms in total. The number of likely N-dealkylation sites (N-methyl/N-ethyl adjacent to an activating group) is 1. The lowest BCUT2D eigenvalue weighted by atomic mass is 10.1. The number of rotatable bonds is 5. The second-order valence-corrected chi connectivity index (χ2v) is 4.66. The lowest BCUT2D eigenvalue weighted by Gasteiger charge is -2.36. The number of benzene rings is 1. The van der Waals surface area contributed by atoms with Gasteiger partial charge < -0.3 is 20.3 Å². The van der Waals surface area contributed by atoms with Gasteiger partial charge in [-0.2, -0.15) is 0 Å². The molecule has 0 saturated carbocycles. The summed E-state index contributed by atoms with van der Waals surface area (Å²) in [6.45, 7) is 1.78. The molecule has 0 aliphatic carbocycles. The van der Waals surface area contributed by atoms with Gasteiger partial charge in [0.15, 0.2) is 11.5 Å². The van der Waals surface area contributed by atoms with Crippen molar-refractivity contribution in [3.63, 3.8) is 0 Å². The quantitative estimate of drug-likeness (QED) is 0.793. The molecule has 2 rings (SSSR count). The molecule has 1 unspecified atom stereocenters. The highest BCUT2D eigenvalue weighted by Gasteiger charge is 2.26. The van der Waals surface area contributed by atoms with Gasteiger partial charge in [-0.25, -0.2) is 0 Å². The fourth-order valence-electron chi connectivity index (χ4n) is 2.01. The van der Waals surface area contributed by atoms with E-state index in [9.17, 15) is 0 Å². The van der Waals surface area contributed by atoms with Crippen LogP contribution in [0.3, 0.4) is 0 Å². The number of ether oxygens (including phenoxy) is 2. The molecule has 5 heteroatoms. The van der Waals surface area contributed by atoms with Crippen LogP contribution in [0.5, 0.6) is 11.5 Å². The Bertz CT molecular complexity index is 405. The highest BCUT2D eigenvalue weighted by atomic mass is 16.5. The zero-order valence-electron chi connectivity index (χ0n) is 10.8. The van der Waals surface area contributed by atoms with Crippen molar-refractivity contribution in [2.24, 2.45) is 5.73 Å². The van der Waals surface area contributed by atoms with E-state index in [0.717, 1.165) is 24.4 Å². The minimum Gasteiger partial charge on any atom is -0.493 e. The highest BCUT2D eigenvalue weighted by molar-refractivity contribution is 5.44. The molecular formula is C13H20N2O3. The van der Waals surface area contributed by atoms with Crippen molar-refractivity contribution in [3.05, 3.63) is 23.8 Å². The first-order valence-corrected chi connectivity index (χ1v) is 6.03. The molecule has 0 spiro atoms. The van der Waals surface area contributed by atoms with E-state index >= 15 is 0 Å². The van der Waals surface area contributed by atoms with Gasteiger partial charge in [-0.15, -0.1) is 0 Å². The number of hydrogen-bond acceptors (Lipinski definition) is 5. The van der Waals surface area contributed by atoms with Crippen LogP contribution in [0.2, 0.25) is 0 Å². The summed E-state index contributed by atoms with van der Waals surface area (Å²) >= 11 is 0. The predicted molar refractivity (Wildman–Crippen MR) is 68.9 cm³/mol. The highest BCUT2D eigenvalue weighted by Crippen LogP contribution is 2.31. The van der Waals surface area contributed by atoms with Crippen molar-refractivity contribution in [2.45, 2.75) is 12.1 Å². The standard InChI is InChI=1S/C13H20N2O3/c1-15-6-10(7-15)18-12-4-3-9(11(14)8-16)5-13(12)17-2/h3-5,10-11,16H,6-8,14H2,1-2H3. The molecule has 1 aliphatic heterocycles. The van der Waals surface area contributed by atoms with E-state index in [1.54, 1.807) is 7.11 Å². The number of aliphatic hydroxyl groups excluding tert-OH is 1. The van der Waals surface area contributed by atoms with Crippen molar-refractivity contribution in [3.8, 4) is 11.5 Å². The van der Waals surface area contributed by atoms with E-state index in [4.69, 9.17) is 20.3 Å². The van der Waals surface area contributed by atoms with Crippen LogP contribution in [0.1, 0.15) is 11.6 Å². The Kier molecular flexibility index (Phi) is 4.06. The Morgan fingerprint density at radius 2 is 2.17 bits per heavy atom. The number of nitrogens with zero attached hydrogens (tertiary/aromatic N) is 1. The smallest absolute Gasteiger partial charge is 0.161 e. The monoisotopic (exact) mass is 252 g/mol. The maximum atomic E-state index is 9.04. The third-order valence-electron chi connectivity index (χ3n) is 3.14. The van der Waals surface area contributed by atoms with Crippen LogP contribution >= 0.6 is 0 Å². The Morgan fingerprint density at radius 3 is 2.72 bits per heavy atom. The van der Waals surface area contributed by atoms with Gasteiger partial charge in [-0.1, -0.05) is 6.07 Å². The number of nitrogens with two attached hydrogens (primary N) is 1. The molecule has 18 heavy (non-hydrogen) atoms. The summed E-state index contributed by atoms with van der Waals surface area (Å²) in [5.41, 5.74) is 6.61. The van der Waals surface area contributed by atoms with Gasteiger partial charge in [0.25, 0.3) is 0 Å². The summed E-state index contributed by atoms with van der Waals surface area (Å²) in [7, 11) is 3.66. The van der Waals surface area contributed by atoms with Crippen molar-refractivity contribution < 1.29 is 14.6 Å². The molecule has 0 aromatic heterocycles. The molecule has 3 N–H and O–H groups in total. The van der Waals surface area contributed by atoms with E-state index in [-0.39, 0.29) is 18.8 Å². The Balaban J connectivity index is 2.10. The zero-order valence-corrected chi connectivity index (χ0v) is 10.8. The van der Waals surface area contributed by atoms with E-state index in [1.165, 1.54) is 0 Å². The average Bonchev–Trinajstić information content (AvgIpc) is 2.36. The van der Waals surface area contributed by atoms with Gasteiger partial charge in [-0.3, -0.25) is 4.90 Å². The van der Waals surface area contributed by atoms with Crippen molar-refractivity contribution >= 4 is 0 Å². The molecule has 1 saturated heterocycles. The Morgan fingerprint density at radius 1 is 1.44 bits per heavy atom. The number of likely N-dealkylation sites (tertiary alicyclic amines) is 1. The molecule has 1 fully saturated rings. The summed E-state index contributed by atoms with van der Waals surface area (Å²) in [5, 5.41) is 9.04. The molecule has 0 amide bonds. The predicted octanol–water partition coefficient (Wildman–Crippen LogP) is 0.380. The van der Waals surface area contributed by atoms with Crippen LogP contribution in [-0.2, 0) is 0 Å². The van der Waals surface area contributed by atoms with Gasteiger partial charge in [0.1, 0.15) is 6.10 Å². The number of aliphatic hydroxyl groups is 1. The molecule has 1 aliphatic rings. The lowest BCUT2D eigenvalue weighted by molar-refractivity contribution is 0.0369. The molecule has 1 aromatic rings. The summed E-state index contributed by atoms with van der Waals surface area (Å²) in [6.07, 6.45) is 0.223. The van der Waals surface area contributed by atoms with Gasteiger partial charge in [0.05, 0.1) is 19.8 Å². The van der Waals surface area contributed by atoms with Crippen LogP contribution < -0.4 is 15.2 Å². The molecule has 0 radical (unpaired) electrons. The van der Waals surface area contributed by atoms with Crippen LogP contribution in [0.25, 0.3) is 0 Å². The maximum absolute atomic E-state index is 9.04. The Hall–Kier alpha value is -1.30. The third kappa shape index (κ3) is 2.75. The molecule has 1 heterocycles. The van der Waals surface area contributed by atoms with Crippen molar-refractivity contribution in [1.82, 2.24) is 4.90 Å². The van der Waals surface area contributed by atoms with E-state index in [2.05, 4.69) is 11.9 Å². The van der Waals surface area contributed by atoms with Crippen molar-refractivity contribution in [1.29, 1.82) is 0 Å². The minimum atomic E-state index is -0.386. The Labute approximate surface area is 107 Å². The first-order valence-electron chi connectivity index (χ1n) is 6.03. The zero-order chi connectivity index (χ0) is 13.1. The van der Waals surface area contributed by atoms with E-state index in [0.29, 0.717) is 5.75 Å². The molecule has 100 valence electrons. The number of methoxy groups -OCH3 is 1. The molecular weight excluding hydrogens is 232 g/mol. The lowest BCUT2D eigenvalue weighted by Crippen LogP contribution is -2.51. The van der Waals surface area contributed by atoms with Crippen molar-refractivity contribution in [2.75, 3.05) is 33.9 Å². The minimum absolute atomic E-state index is 0.0865. The average molecular weight is 252 g/mol. The molecule has 1 atom stereocenters. The summed E-state index contributed by atoms with van der Waals surface area (Å²) < 4.78 is 11.1. The van der Waals surface area contributed by atoms with Gasteiger partial charge in [0, 0.05) is 13.1 Å². The fourth-order valence-corrected chi connectivity index (χ4v) is 2.01.